The first-order valence-corrected chi connectivity index (χ1v) is 6.46. The molecule has 0 aliphatic heterocycles. The molecule has 0 atom stereocenters. The van der Waals surface area contributed by atoms with Gasteiger partial charge in [-0.2, -0.15) is 0 Å². The van der Waals surface area contributed by atoms with Gasteiger partial charge in [0.25, 0.3) is 0 Å². The van der Waals surface area contributed by atoms with Gasteiger partial charge in [-0.3, -0.25) is 0 Å². The summed E-state index contributed by atoms with van der Waals surface area (Å²) in [5.74, 6) is 0.708. The normalized spacial score (nSPS) is 11.3. The quantitative estimate of drug-likeness (QED) is 0.611. The lowest BCUT2D eigenvalue weighted by atomic mass is 9.84. The molecule has 1 aromatic rings. The third kappa shape index (κ3) is 4.00. The fourth-order valence-corrected chi connectivity index (χ4v) is 1.98. The van der Waals surface area contributed by atoms with Crippen molar-refractivity contribution in [2.45, 2.75) is 26.2 Å². The first-order valence-electron chi connectivity index (χ1n) is 6.08. The van der Waals surface area contributed by atoms with E-state index in [0.29, 0.717) is 23.9 Å². The summed E-state index contributed by atoms with van der Waals surface area (Å²) in [5, 5.41) is 3.71. The molecule has 0 aliphatic carbocycles. The molecule has 4 heteroatoms. The van der Waals surface area contributed by atoms with Gasteiger partial charge >= 0.3 is 0 Å². The fourth-order valence-electron chi connectivity index (χ4n) is 1.74. The second kappa shape index (κ2) is 6.76. The predicted octanol–water partition coefficient (Wildman–Crippen LogP) is 2.80. The SMILES string of the molecule is CCOc1ccc(C(C)(C)CNCC=O)cc1Cl. The number of nitrogens with one attached hydrogen (secondary N) is 1. The number of carbonyl (C=O) groups excluding carboxylic acids is 1. The van der Waals surface area contributed by atoms with Crippen LogP contribution in [0.3, 0.4) is 0 Å². The van der Waals surface area contributed by atoms with E-state index in [1.54, 1.807) is 0 Å². The highest BCUT2D eigenvalue weighted by atomic mass is 35.5. The number of rotatable bonds is 7. The molecule has 1 aromatic carbocycles. The second-order valence-corrected chi connectivity index (χ2v) is 5.17. The standard InChI is InChI=1S/C14H20ClNO2/c1-4-18-13-6-5-11(9-12(13)15)14(2,3)10-16-7-8-17/h5-6,8-9,16H,4,7,10H2,1-3H3. The Morgan fingerprint density at radius 1 is 1.44 bits per heavy atom. The Labute approximate surface area is 113 Å². The van der Waals surface area contributed by atoms with Crippen LogP contribution in [0.2, 0.25) is 5.02 Å². The number of benzene rings is 1. The first-order chi connectivity index (χ1) is 8.51. The van der Waals surface area contributed by atoms with Gasteiger partial charge in [0.15, 0.2) is 0 Å². The van der Waals surface area contributed by atoms with Gasteiger partial charge in [0.05, 0.1) is 18.2 Å². The largest absolute Gasteiger partial charge is 0.492 e. The van der Waals surface area contributed by atoms with Crippen LogP contribution >= 0.6 is 11.6 Å². The first kappa shape index (κ1) is 15.0. The summed E-state index contributed by atoms with van der Waals surface area (Å²) in [4.78, 5) is 10.3. The molecule has 1 rings (SSSR count). The molecule has 0 unspecified atom stereocenters. The zero-order valence-electron chi connectivity index (χ0n) is 11.1. The van der Waals surface area contributed by atoms with Crippen molar-refractivity contribution in [3.63, 3.8) is 0 Å². The molecule has 1 N–H and O–H groups in total. The Hall–Kier alpha value is -1.06. The van der Waals surface area contributed by atoms with E-state index in [0.717, 1.165) is 18.4 Å². The van der Waals surface area contributed by atoms with Gasteiger partial charge in [-0.15, -0.1) is 0 Å². The summed E-state index contributed by atoms with van der Waals surface area (Å²) in [5.41, 5.74) is 1.03. The third-order valence-corrected chi connectivity index (χ3v) is 3.10. The van der Waals surface area contributed by atoms with Crippen molar-refractivity contribution in [3.05, 3.63) is 28.8 Å². The molecule has 0 saturated carbocycles. The lowest BCUT2D eigenvalue weighted by Crippen LogP contribution is -2.33. The van der Waals surface area contributed by atoms with Crippen molar-refractivity contribution in [1.29, 1.82) is 0 Å². The summed E-state index contributed by atoms with van der Waals surface area (Å²) in [7, 11) is 0. The molecule has 100 valence electrons. The van der Waals surface area contributed by atoms with Crippen molar-refractivity contribution in [1.82, 2.24) is 5.32 Å². The molecule has 0 heterocycles. The van der Waals surface area contributed by atoms with Gasteiger partial charge in [0.1, 0.15) is 12.0 Å². The average Bonchev–Trinajstić information content (AvgIpc) is 2.32. The number of hydrogen-bond acceptors (Lipinski definition) is 3. The number of hydrogen-bond donors (Lipinski definition) is 1. The summed E-state index contributed by atoms with van der Waals surface area (Å²) in [6, 6.07) is 5.83. The van der Waals surface area contributed by atoms with Crippen molar-refractivity contribution in [2.24, 2.45) is 0 Å². The van der Waals surface area contributed by atoms with Crippen molar-refractivity contribution < 1.29 is 9.53 Å². The highest BCUT2D eigenvalue weighted by Gasteiger charge is 2.21. The van der Waals surface area contributed by atoms with Crippen LogP contribution < -0.4 is 10.1 Å². The monoisotopic (exact) mass is 269 g/mol. The highest BCUT2D eigenvalue weighted by molar-refractivity contribution is 6.32. The van der Waals surface area contributed by atoms with E-state index < -0.39 is 0 Å². The van der Waals surface area contributed by atoms with Gasteiger partial charge in [-0.05, 0) is 24.6 Å². The van der Waals surface area contributed by atoms with Crippen LogP contribution in [0.5, 0.6) is 5.75 Å². The predicted molar refractivity (Wildman–Crippen MR) is 74.6 cm³/mol. The summed E-state index contributed by atoms with van der Waals surface area (Å²) >= 11 is 6.17. The van der Waals surface area contributed by atoms with Gasteiger partial charge in [-0.1, -0.05) is 31.5 Å². The van der Waals surface area contributed by atoms with E-state index in [1.165, 1.54) is 0 Å². The highest BCUT2D eigenvalue weighted by Crippen LogP contribution is 2.31. The molecule has 0 aromatic heterocycles. The van der Waals surface area contributed by atoms with Gasteiger partial charge < -0.3 is 14.8 Å². The Bertz CT molecular complexity index is 405. The zero-order chi connectivity index (χ0) is 13.6. The van der Waals surface area contributed by atoms with Crippen molar-refractivity contribution >= 4 is 17.9 Å². The fraction of sp³-hybridized carbons (Fsp3) is 0.500. The van der Waals surface area contributed by atoms with Crippen LogP contribution in [0, 0.1) is 0 Å². The van der Waals surface area contributed by atoms with Crippen LogP contribution in [0.1, 0.15) is 26.3 Å². The van der Waals surface area contributed by atoms with Gasteiger partial charge in [-0.25, -0.2) is 0 Å². The van der Waals surface area contributed by atoms with E-state index >= 15 is 0 Å². The Morgan fingerprint density at radius 2 is 2.17 bits per heavy atom. The third-order valence-electron chi connectivity index (χ3n) is 2.81. The topological polar surface area (TPSA) is 38.3 Å². The molecule has 0 bridgehead atoms. The average molecular weight is 270 g/mol. The van der Waals surface area contributed by atoms with E-state index in [-0.39, 0.29) is 5.41 Å². The van der Waals surface area contributed by atoms with Crippen LogP contribution in [-0.4, -0.2) is 26.0 Å². The lowest BCUT2D eigenvalue weighted by Gasteiger charge is -2.26. The van der Waals surface area contributed by atoms with E-state index in [9.17, 15) is 4.79 Å². The molecule has 18 heavy (non-hydrogen) atoms. The molecule has 3 nitrogen and oxygen atoms in total. The van der Waals surface area contributed by atoms with Crippen LogP contribution in [0.4, 0.5) is 0 Å². The van der Waals surface area contributed by atoms with Gasteiger partial charge in [0.2, 0.25) is 0 Å². The molecule has 0 radical (unpaired) electrons. The van der Waals surface area contributed by atoms with Crippen LogP contribution in [-0.2, 0) is 10.2 Å². The molecule has 0 amide bonds. The Kier molecular flexibility index (Phi) is 5.63. The smallest absolute Gasteiger partial charge is 0.137 e. The maximum atomic E-state index is 10.3. The Morgan fingerprint density at radius 3 is 2.72 bits per heavy atom. The number of carbonyl (C=O) groups is 1. The molecule has 0 fully saturated rings. The zero-order valence-corrected chi connectivity index (χ0v) is 11.9. The minimum Gasteiger partial charge on any atom is -0.492 e. The summed E-state index contributed by atoms with van der Waals surface area (Å²) < 4.78 is 5.41. The van der Waals surface area contributed by atoms with E-state index in [2.05, 4.69) is 19.2 Å². The molecular weight excluding hydrogens is 250 g/mol. The van der Waals surface area contributed by atoms with Gasteiger partial charge in [0, 0.05) is 12.0 Å². The molecule has 0 aliphatic rings. The van der Waals surface area contributed by atoms with E-state index in [4.69, 9.17) is 16.3 Å². The molecule has 0 saturated heterocycles. The van der Waals surface area contributed by atoms with Crippen LogP contribution in [0.15, 0.2) is 18.2 Å². The Balaban J connectivity index is 2.81. The van der Waals surface area contributed by atoms with Crippen molar-refractivity contribution in [3.8, 4) is 5.75 Å². The number of ether oxygens (including phenoxy) is 1. The molecule has 0 spiro atoms. The minimum absolute atomic E-state index is 0.0859. The summed E-state index contributed by atoms with van der Waals surface area (Å²) in [6.07, 6.45) is 0.862. The second-order valence-electron chi connectivity index (χ2n) is 4.76. The maximum absolute atomic E-state index is 10.3. The molecular formula is C14H20ClNO2. The number of halogens is 1. The minimum atomic E-state index is -0.0859. The lowest BCUT2D eigenvalue weighted by molar-refractivity contribution is -0.107. The number of aldehydes is 1. The summed E-state index contributed by atoms with van der Waals surface area (Å²) in [6.45, 7) is 7.83. The van der Waals surface area contributed by atoms with E-state index in [1.807, 2.05) is 25.1 Å². The maximum Gasteiger partial charge on any atom is 0.137 e. The van der Waals surface area contributed by atoms with Crippen LogP contribution in [0.25, 0.3) is 0 Å². The van der Waals surface area contributed by atoms with Crippen molar-refractivity contribution in [2.75, 3.05) is 19.7 Å².